The van der Waals surface area contributed by atoms with Crippen LogP contribution in [0.1, 0.15) is 18.4 Å². The van der Waals surface area contributed by atoms with Gasteiger partial charge in [0, 0.05) is 36.7 Å². The van der Waals surface area contributed by atoms with Gasteiger partial charge in [-0.25, -0.2) is 9.97 Å². The topological polar surface area (TPSA) is 59.9 Å². The predicted molar refractivity (Wildman–Crippen MR) is 66.2 cm³/mol. The van der Waals surface area contributed by atoms with E-state index in [-0.39, 0.29) is 0 Å². The smallest absolute Gasteiger partial charge is 0.321 e. The molecule has 0 bridgehead atoms. The van der Waals surface area contributed by atoms with Crippen molar-refractivity contribution in [1.29, 1.82) is 0 Å². The normalized spacial score (nSPS) is 14.4. The maximum atomic E-state index is 5.47. The van der Waals surface area contributed by atoms with Gasteiger partial charge in [0.2, 0.25) is 0 Å². The van der Waals surface area contributed by atoms with E-state index < -0.39 is 0 Å². The first-order valence-electron chi connectivity index (χ1n) is 6.02. The number of nitrogens with zero attached hydrogens (tertiary/aromatic N) is 3. The largest absolute Gasteiger partial charge is 0.423 e. The van der Waals surface area contributed by atoms with Crippen LogP contribution in [0.25, 0.3) is 0 Å². The van der Waals surface area contributed by atoms with Crippen molar-refractivity contribution in [1.82, 2.24) is 20.3 Å². The Labute approximate surface area is 105 Å². The maximum absolute atomic E-state index is 5.47. The van der Waals surface area contributed by atoms with E-state index in [2.05, 4.69) is 20.3 Å². The average Bonchev–Trinajstić information content (AvgIpc) is 3.23. The van der Waals surface area contributed by atoms with Crippen LogP contribution in [0.2, 0.25) is 0 Å². The second kappa shape index (κ2) is 5.10. The van der Waals surface area contributed by atoms with Crippen LogP contribution in [0, 0.1) is 0 Å². The number of pyridine rings is 1. The van der Waals surface area contributed by atoms with Crippen LogP contribution >= 0.6 is 0 Å². The third-order valence-electron chi connectivity index (χ3n) is 2.70. The summed E-state index contributed by atoms with van der Waals surface area (Å²) in [7, 11) is 0. The molecular weight excluding hydrogens is 228 g/mol. The monoisotopic (exact) mass is 242 g/mol. The van der Waals surface area contributed by atoms with Crippen molar-refractivity contribution in [2.24, 2.45) is 0 Å². The SMILES string of the molecule is c1cncc(Oc2ncc(CNC3CC3)cn2)c1. The van der Waals surface area contributed by atoms with Crippen molar-refractivity contribution < 1.29 is 4.74 Å². The number of ether oxygens (including phenoxy) is 1. The van der Waals surface area contributed by atoms with Crippen LogP contribution in [-0.2, 0) is 6.54 Å². The lowest BCUT2D eigenvalue weighted by Gasteiger charge is -2.04. The van der Waals surface area contributed by atoms with Gasteiger partial charge in [0.25, 0.3) is 0 Å². The van der Waals surface area contributed by atoms with E-state index in [0.29, 0.717) is 17.8 Å². The second-order valence-corrected chi connectivity index (χ2v) is 4.32. The molecule has 1 fully saturated rings. The summed E-state index contributed by atoms with van der Waals surface area (Å²) in [6.45, 7) is 0.817. The van der Waals surface area contributed by atoms with Gasteiger partial charge in [0.15, 0.2) is 0 Å². The number of nitrogens with one attached hydrogen (secondary N) is 1. The molecule has 92 valence electrons. The summed E-state index contributed by atoms with van der Waals surface area (Å²) in [5, 5.41) is 3.41. The summed E-state index contributed by atoms with van der Waals surface area (Å²) in [5.74, 6) is 0.640. The van der Waals surface area contributed by atoms with Crippen LogP contribution in [0.4, 0.5) is 0 Å². The number of hydrogen-bond acceptors (Lipinski definition) is 5. The highest BCUT2D eigenvalue weighted by atomic mass is 16.5. The van der Waals surface area contributed by atoms with Crippen molar-refractivity contribution in [3.8, 4) is 11.8 Å². The molecular formula is C13H14N4O. The van der Waals surface area contributed by atoms with Crippen molar-refractivity contribution in [2.75, 3.05) is 0 Å². The highest BCUT2D eigenvalue weighted by molar-refractivity contribution is 5.20. The molecule has 1 N–H and O–H groups in total. The molecule has 0 radical (unpaired) electrons. The van der Waals surface area contributed by atoms with Gasteiger partial charge in [0.05, 0.1) is 6.20 Å². The quantitative estimate of drug-likeness (QED) is 0.868. The van der Waals surface area contributed by atoms with Crippen LogP contribution in [0.3, 0.4) is 0 Å². The first-order chi connectivity index (χ1) is 8.90. The molecule has 2 aromatic heterocycles. The zero-order chi connectivity index (χ0) is 12.2. The Kier molecular flexibility index (Phi) is 3.14. The van der Waals surface area contributed by atoms with Gasteiger partial charge >= 0.3 is 6.01 Å². The van der Waals surface area contributed by atoms with E-state index in [1.165, 1.54) is 12.8 Å². The van der Waals surface area contributed by atoms with Gasteiger partial charge in [-0.15, -0.1) is 0 Å². The molecule has 1 saturated carbocycles. The Bertz CT molecular complexity index is 496. The molecule has 1 aliphatic rings. The summed E-state index contributed by atoms with van der Waals surface area (Å²) in [6, 6.07) is 4.66. The first kappa shape index (κ1) is 11.1. The van der Waals surface area contributed by atoms with E-state index >= 15 is 0 Å². The summed E-state index contributed by atoms with van der Waals surface area (Å²) < 4.78 is 5.47. The maximum Gasteiger partial charge on any atom is 0.321 e. The third-order valence-corrected chi connectivity index (χ3v) is 2.70. The van der Waals surface area contributed by atoms with E-state index in [4.69, 9.17) is 4.74 Å². The lowest BCUT2D eigenvalue weighted by Crippen LogP contribution is -2.15. The molecule has 0 amide bonds. The third kappa shape index (κ3) is 3.01. The average molecular weight is 242 g/mol. The molecule has 0 spiro atoms. The molecule has 0 aromatic carbocycles. The molecule has 0 aliphatic heterocycles. The van der Waals surface area contributed by atoms with Gasteiger partial charge in [0.1, 0.15) is 5.75 Å². The fourth-order valence-corrected chi connectivity index (χ4v) is 1.55. The van der Waals surface area contributed by atoms with E-state index in [0.717, 1.165) is 12.1 Å². The molecule has 0 saturated heterocycles. The fourth-order valence-electron chi connectivity index (χ4n) is 1.55. The van der Waals surface area contributed by atoms with Gasteiger partial charge in [-0.05, 0) is 25.0 Å². The Morgan fingerprint density at radius 3 is 2.72 bits per heavy atom. The zero-order valence-electron chi connectivity index (χ0n) is 9.91. The minimum atomic E-state index is 0.346. The highest BCUT2D eigenvalue weighted by Crippen LogP contribution is 2.19. The number of aromatic nitrogens is 3. The Morgan fingerprint density at radius 2 is 2.06 bits per heavy atom. The molecule has 2 heterocycles. The molecule has 5 heteroatoms. The summed E-state index contributed by atoms with van der Waals surface area (Å²) in [4.78, 5) is 12.3. The van der Waals surface area contributed by atoms with Gasteiger partial charge in [-0.3, -0.25) is 4.98 Å². The number of hydrogen-bond donors (Lipinski definition) is 1. The molecule has 0 unspecified atom stereocenters. The van der Waals surface area contributed by atoms with Crippen LogP contribution < -0.4 is 10.1 Å². The molecule has 18 heavy (non-hydrogen) atoms. The predicted octanol–water partition coefficient (Wildman–Crippen LogP) is 1.92. The lowest BCUT2D eigenvalue weighted by atomic mass is 10.3. The van der Waals surface area contributed by atoms with Gasteiger partial charge < -0.3 is 10.1 Å². The van der Waals surface area contributed by atoms with Crippen LogP contribution in [0.5, 0.6) is 11.8 Å². The molecule has 2 aromatic rings. The van der Waals surface area contributed by atoms with Crippen molar-refractivity contribution in [3.63, 3.8) is 0 Å². The highest BCUT2D eigenvalue weighted by Gasteiger charge is 2.19. The minimum Gasteiger partial charge on any atom is -0.423 e. The second-order valence-electron chi connectivity index (χ2n) is 4.32. The molecule has 1 aliphatic carbocycles. The van der Waals surface area contributed by atoms with Crippen molar-refractivity contribution in [2.45, 2.75) is 25.4 Å². The molecule has 0 atom stereocenters. The minimum absolute atomic E-state index is 0.346. The Morgan fingerprint density at radius 1 is 1.22 bits per heavy atom. The zero-order valence-corrected chi connectivity index (χ0v) is 9.91. The van der Waals surface area contributed by atoms with Gasteiger partial charge in [-0.2, -0.15) is 0 Å². The first-order valence-corrected chi connectivity index (χ1v) is 6.02. The Balaban J connectivity index is 1.59. The summed E-state index contributed by atoms with van der Waals surface area (Å²) in [6.07, 6.45) is 9.46. The van der Waals surface area contributed by atoms with Crippen molar-refractivity contribution >= 4 is 0 Å². The summed E-state index contributed by atoms with van der Waals surface area (Å²) in [5.41, 5.74) is 1.07. The van der Waals surface area contributed by atoms with E-state index in [1.54, 1.807) is 24.8 Å². The Hall–Kier alpha value is -2.01. The lowest BCUT2D eigenvalue weighted by molar-refractivity contribution is 0.438. The molecule has 5 nitrogen and oxygen atoms in total. The fraction of sp³-hybridized carbons (Fsp3) is 0.308. The number of rotatable bonds is 5. The van der Waals surface area contributed by atoms with E-state index in [9.17, 15) is 0 Å². The standard InChI is InChI=1S/C13H14N4O/c1-2-12(9-14-5-1)18-13-16-7-10(8-17-13)6-15-11-3-4-11/h1-2,5,7-9,11,15H,3-4,6H2. The van der Waals surface area contributed by atoms with Crippen molar-refractivity contribution in [3.05, 3.63) is 42.5 Å². The van der Waals surface area contributed by atoms with Crippen LogP contribution in [-0.4, -0.2) is 21.0 Å². The summed E-state index contributed by atoms with van der Waals surface area (Å²) >= 11 is 0. The van der Waals surface area contributed by atoms with Crippen LogP contribution in [0.15, 0.2) is 36.9 Å². The van der Waals surface area contributed by atoms with Gasteiger partial charge in [-0.1, -0.05) is 0 Å². The molecule has 3 rings (SSSR count). The van der Waals surface area contributed by atoms with E-state index in [1.807, 2.05) is 12.1 Å².